The number of likely N-dealkylation sites (N-methyl/N-ethyl adjacent to an activating group) is 1. The van der Waals surface area contributed by atoms with Crippen LogP contribution in [0.2, 0.25) is 0 Å². The van der Waals surface area contributed by atoms with Crippen LogP contribution in [0.15, 0.2) is 65.3 Å². The number of nitrogens with zero attached hydrogens (tertiary/aromatic N) is 2. The third kappa shape index (κ3) is 6.01. The highest BCUT2D eigenvalue weighted by atomic mass is 16.4. The fourth-order valence-corrected chi connectivity index (χ4v) is 3.83. The van der Waals surface area contributed by atoms with E-state index in [9.17, 15) is 24.0 Å². The minimum Gasteiger partial charge on any atom is -0.481 e. The third-order valence-corrected chi connectivity index (χ3v) is 5.78. The SMILES string of the molecule is CN1C(=O)CN(CCC(=O)O)C(=O)c2cc(NC(=O)Cc3ccc(NC(=O)c4ccco4)cc3)ccc21. The van der Waals surface area contributed by atoms with Crippen LogP contribution in [0.5, 0.6) is 0 Å². The fourth-order valence-electron chi connectivity index (χ4n) is 3.83. The van der Waals surface area contributed by atoms with Gasteiger partial charge in [-0.1, -0.05) is 12.1 Å². The van der Waals surface area contributed by atoms with E-state index in [1.165, 1.54) is 29.2 Å². The smallest absolute Gasteiger partial charge is 0.305 e. The van der Waals surface area contributed by atoms with Gasteiger partial charge in [0.15, 0.2) is 5.76 Å². The number of nitrogens with one attached hydrogen (secondary N) is 2. The Kier molecular flexibility index (Phi) is 7.33. The molecule has 0 saturated heterocycles. The Morgan fingerprint density at radius 3 is 2.41 bits per heavy atom. The number of carbonyl (C=O) groups is 5. The van der Waals surface area contributed by atoms with E-state index in [1.54, 1.807) is 48.5 Å². The lowest BCUT2D eigenvalue weighted by molar-refractivity contribution is -0.137. The molecule has 1 aliphatic rings. The highest BCUT2D eigenvalue weighted by Crippen LogP contribution is 2.28. The van der Waals surface area contributed by atoms with Crippen LogP contribution in [0.1, 0.15) is 32.9 Å². The van der Waals surface area contributed by atoms with Crippen molar-refractivity contribution in [2.24, 2.45) is 0 Å². The lowest BCUT2D eigenvalue weighted by Crippen LogP contribution is -2.38. The van der Waals surface area contributed by atoms with Gasteiger partial charge in [0.05, 0.1) is 30.4 Å². The zero-order valence-corrected chi connectivity index (χ0v) is 19.9. The molecule has 190 valence electrons. The molecule has 1 aromatic heterocycles. The zero-order chi connectivity index (χ0) is 26.5. The molecule has 11 heteroatoms. The van der Waals surface area contributed by atoms with Crippen molar-refractivity contribution in [2.45, 2.75) is 12.8 Å². The number of benzene rings is 2. The van der Waals surface area contributed by atoms with Crippen molar-refractivity contribution >= 4 is 46.7 Å². The monoisotopic (exact) mass is 504 g/mol. The molecule has 3 aromatic rings. The number of furan rings is 1. The molecule has 0 bridgehead atoms. The molecule has 4 rings (SSSR count). The van der Waals surface area contributed by atoms with Gasteiger partial charge in [0.25, 0.3) is 11.8 Å². The Labute approximate surface area is 211 Å². The molecule has 0 saturated carbocycles. The maximum Gasteiger partial charge on any atom is 0.305 e. The van der Waals surface area contributed by atoms with Crippen molar-refractivity contribution in [1.29, 1.82) is 0 Å². The molecule has 0 fully saturated rings. The average Bonchev–Trinajstić information content (AvgIpc) is 3.39. The maximum absolute atomic E-state index is 13.1. The van der Waals surface area contributed by atoms with Crippen molar-refractivity contribution in [3.63, 3.8) is 0 Å². The summed E-state index contributed by atoms with van der Waals surface area (Å²) < 4.78 is 5.06. The Hall–Kier alpha value is -4.93. The molecular formula is C26H24N4O7. The molecule has 0 radical (unpaired) electrons. The largest absolute Gasteiger partial charge is 0.481 e. The number of fused-ring (bicyclic) bond motifs is 1. The summed E-state index contributed by atoms with van der Waals surface area (Å²) in [6, 6.07) is 14.6. The topological polar surface area (TPSA) is 149 Å². The second kappa shape index (κ2) is 10.8. The minimum absolute atomic E-state index is 0.0422. The summed E-state index contributed by atoms with van der Waals surface area (Å²) in [7, 11) is 1.54. The number of amides is 4. The molecule has 11 nitrogen and oxygen atoms in total. The number of hydrogen-bond acceptors (Lipinski definition) is 6. The normalized spacial score (nSPS) is 13.1. The van der Waals surface area contributed by atoms with Crippen LogP contribution >= 0.6 is 0 Å². The number of aliphatic carboxylic acids is 1. The molecule has 0 spiro atoms. The van der Waals surface area contributed by atoms with Gasteiger partial charge in [-0.05, 0) is 48.0 Å². The van der Waals surface area contributed by atoms with Crippen LogP contribution < -0.4 is 15.5 Å². The second-order valence-electron chi connectivity index (χ2n) is 8.41. The van der Waals surface area contributed by atoms with Crippen LogP contribution in [-0.2, 0) is 20.8 Å². The summed E-state index contributed by atoms with van der Waals surface area (Å²) in [6.07, 6.45) is 1.16. The van der Waals surface area contributed by atoms with Gasteiger partial charge in [0, 0.05) is 25.0 Å². The number of rotatable bonds is 8. The standard InChI is InChI=1S/C26H24N4O7/c1-29-20-9-8-18(14-19(20)26(36)30(15-23(29)32)11-10-24(33)34)27-22(31)13-16-4-6-17(7-5-16)28-25(35)21-3-2-12-37-21/h2-9,12,14H,10-11,13,15H2,1H3,(H,27,31)(H,28,35)(H,33,34). The van der Waals surface area contributed by atoms with Crippen molar-refractivity contribution < 1.29 is 33.5 Å². The molecule has 0 unspecified atom stereocenters. The van der Waals surface area contributed by atoms with E-state index in [-0.39, 0.29) is 55.0 Å². The molecular weight excluding hydrogens is 480 g/mol. The van der Waals surface area contributed by atoms with E-state index in [0.29, 0.717) is 22.6 Å². The molecule has 0 aliphatic carbocycles. The van der Waals surface area contributed by atoms with Crippen molar-refractivity contribution in [3.05, 3.63) is 77.7 Å². The lowest BCUT2D eigenvalue weighted by Gasteiger charge is -2.19. The highest BCUT2D eigenvalue weighted by Gasteiger charge is 2.30. The van der Waals surface area contributed by atoms with E-state index < -0.39 is 11.9 Å². The summed E-state index contributed by atoms with van der Waals surface area (Å²) in [5.41, 5.74) is 2.16. The van der Waals surface area contributed by atoms with E-state index in [1.807, 2.05) is 0 Å². The van der Waals surface area contributed by atoms with Crippen molar-refractivity contribution in [3.8, 4) is 0 Å². The first kappa shape index (κ1) is 25.2. The predicted molar refractivity (Wildman–Crippen MR) is 133 cm³/mol. The zero-order valence-electron chi connectivity index (χ0n) is 19.9. The molecule has 0 atom stereocenters. The lowest BCUT2D eigenvalue weighted by atomic mass is 10.1. The highest BCUT2D eigenvalue weighted by molar-refractivity contribution is 6.10. The number of carbonyl (C=O) groups excluding carboxylic acids is 4. The Bertz CT molecular complexity index is 1350. The summed E-state index contributed by atoms with van der Waals surface area (Å²) in [5, 5.41) is 14.4. The van der Waals surface area contributed by atoms with Crippen LogP contribution in [0.25, 0.3) is 0 Å². The molecule has 2 heterocycles. The summed E-state index contributed by atoms with van der Waals surface area (Å²) in [4.78, 5) is 63.8. The summed E-state index contributed by atoms with van der Waals surface area (Å²) in [5.74, 6) is -2.45. The van der Waals surface area contributed by atoms with Gasteiger partial charge in [-0.2, -0.15) is 0 Å². The first-order valence-electron chi connectivity index (χ1n) is 11.4. The van der Waals surface area contributed by atoms with Gasteiger partial charge in [-0.3, -0.25) is 24.0 Å². The summed E-state index contributed by atoms with van der Waals surface area (Å²) in [6.45, 7) is -0.349. The fraction of sp³-hybridized carbons (Fsp3) is 0.192. The van der Waals surface area contributed by atoms with Gasteiger partial charge < -0.3 is 30.0 Å². The van der Waals surface area contributed by atoms with Crippen LogP contribution in [-0.4, -0.2) is 59.7 Å². The van der Waals surface area contributed by atoms with E-state index in [2.05, 4.69) is 10.6 Å². The van der Waals surface area contributed by atoms with Gasteiger partial charge >= 0.3 is 5.97 Å². The van der Waals surface area contributed by atoms with E-state index in [4.69, 9.17) is 9.52 Å². The van der Waals surface area contributed by atoms with Crippen molar-refractivity contribution in [1.82, 2.24) is 4.90 Å². The third-order valence-electron chi connectivity index (χ3n) is 5.78. The summed E-state index contributed by atoms with van der Waals surface area (Å²) >= 11 is 0. The Balaban J connectivity index is 1.42. The number of carboxylic acid groups (broad SMARTS) is 1. The first-order chi connectivity index (χ1) is 17.7. The minimum atomic E-state index is -1.08. The Morgan fingerprint density at radius 2 is 1.73 bits per heavy atom. The number of hydrogen-bond donors (Lipinski definition) is 3. The van der Waals surface area contributed by atoms with Gasteiger partial charge in [-0.15, -0.1) is 0 Å². The van der Waals surface area contributed by atoms with Crippen LogP contribution in [0.3, 0.4) is 0 Å². The Morgan fingerprint density at radius 1 is 1.00 bits per heavy atom. The molecule has 4 amide bonds. The number of anilines is 3. The van der Waals surface area contributed by atoms with Crippen LogP contribution in [0, 0.1) is 0 Å². The second-order valence-corrected chi connectivity index (χ2v) is 8.41. The maximum atomic E-state index is 13.1. The molecule has 2 aromatic carbocycles. The molecule has 37 heavy (non-hydrogen) atoms. The van der Waals surface area contributed by atoms with E-state index >= 15 is 0 Å². The van der Waals surface area contributed by atoms with Gasteiger partial charge in [0.1, 0.15) is 6.54 Å². The predicted octanol–water partition coefficient (Wildman–Crippen LogP) is 2.61. The van der Waals surface area contributed by atoms with Gasteiger partial charge in [-0.25, -0.2) is 0 Å². The average molecular weight is 504 g/mol. The van der Waals surface area contributed by atoms with E-state index in [0.717, 1.165) is 0 Å². The first-order valence-corrected chi connectivity index (χ1v) is 11.4. The van der Waals surface area contributed by atoms with Crippen molar-refractivity contribution in [2.75, 3.05) is 35.7 Å². The van der Waals surface area contributed by atoms with Gasteiger partial charge in [0.2, 0.25) is 11.8 Å². The quantitative estimate of drug-likeness (QED) is 0.427. The molecule has 3 N–H and O–H groups in total. The molecule has 1 aliphatic heterocycles. The van der Waals surface area contributed by atoms with Crippen LogP contribution in [0.4, 0.5) is 17.1 Å². The number of carboxylic acids is 1.